The normalized spacial score (nSPS) is 10.1. The summed E-state index contributed by atoms with van der Waals surface area (Å²) >= 11 is 1.50. The molecule has 2 aromatic heterocycles. The molecule has 0 bridgehead atoms. The fourth-order valence-corrected chi connectivity index (χ4v) is 2.19. The van der Waals surface area contributed by atoms with Crippen LogP contribution in [-0.2, 0) is 5.54 Å². The summed E-state index contributed by atoms with van der Waals surface area (Å²) in [5.74, 6) is -0.241. The van der Waals surface area contributed by atoms with Gasteiger partial charge in [0.1, 0.15) is 10.7 Å². The van der Waals surface area contributed by atoms with E-state index < -0.39 is 5.54 Å². The van der Waals surface area contributed by atoms with Crippen LogP contribution in [0.4, 0.5) is 5.69 Å². The third-order valence-electron chi connectivity index (χ3n) is 2.41. The highest BCUT2D eigenvalue weighted by Gasteiger charge is 2.26. The lowest BCUT2D eigenvalue weighted by molar-refractivity contribution is 0.0907. The smallest absolute Gasteiger partial charge is 0.270 e. The maximum atomic E-state index is 12.0. The molecule has 0 aromatic carbocycles. The van der Waals surface area contributed by atoms with Crippen molar-refractivity contribution >= 4 is 47.7 Å². The van der Waals surface area contributed by atoms with Gasteiger partial charge >= 0.3 is 0 Å². The van der Waals surface area contributed by atoms with Crippen LogP contribution in [0.25, 0.3) is 0 Å². The van der Waals surface area contributed by atoms with Crippen molar-refractivity contribution < 1.29 is 4.79 Å². The third-order valence-corrected chi connectivity index (χ3v) is 3.51. The SMILES string of the molecule is CC(C)(NC(=O)c1ccc(N)cn1)c1nccs1.Cl.Cl. The first-order chi connectivity index (χ1) is 8.49. The molecule has 0 fully saturated rings. The second-order valence-corrected chi connectivity index (χ2v) is 5.29. The van der Waals surface area contributed by atoms with Gasteiger partial charge in [-0.1, -0.05) is 0 Å². The average molecular weight is 335 g/mol. The van der Waals surface area contributed by atoms with Crippen LogP contribution in [0.5, 0.6) is 0 Å². The van der Waals surface area contributed by atoms with Crippen LogP contribution in [0.3, 0.4) is 0 Å². The minimum absolute atomic E-state index is 0. The Balaban J connectivity index is 0.00000180. The Bertz CT molecular complexity index is 543. The number of amides is 1. The summed E-state index contributed by atoms with van der Waals surface area (Å²) in [6.07, 6.45) is 3.18. The molecule has 2 aromatic rings. The van der Waals surface area contributed by atoms with Crippen LogP contribution in [-0.4, -0.2) is 15.9 Å². The molecule has 2 rings (SSSR count). The summed E-state index contributed by atoms with van der Waals surface area (Å²) in [5.41, 5.74) is 5.88. The Hall–Kier alpha value is -1.37. The number of thiazole rings is 1. The summed E-state index contributed by atoms with van der Waals surface area (Å²) in [7, 11) is 0. The van der Waals surface area contributed by atoms with Gasteiger partial charge in [-0.2, -0.15) is 0 Å². The van der Waals surface area contributed by atoms with Crippen LogP contribution in [0.15, 0.2) is 29.9 Å². The number of rotatable bonds is 3. The molecule has 0 aliphatic heterocycles. The lowest BCUT2D eigenvalue weighted by atomic mass is 10.1. The van der Waals surface area contributed by atoms with E-state index >= 15 is 0 Å². The van der Waals surface area contributed by atoms with E-state index in [9.17, 15) is 4.79 Å². The number of nitrogens with two attached hydrogens (primary N) is 1. The van der Waals surface area contributed by atoms with Crippen molar-refractivity contribution in [3.8, 4) is 0 Å². The molecule has 3 N–H and O–H groups in total. The number of hydrogen-bond acceptors (Lipinski definition) is 5. The van der Waals surface area contributed by atoms with E-state index in [0.717, 1.165) is 5.01 Å². The van der Waals surface area contributed by atoms with E-state index in [-0.39, 0.29) is 30.7 Å². The molecule has 0 aliphatic carbocycles. The minimum atomic E-state index is -0.520. The van der Waals surface area contributed by atoms with Gasteiger partial charge in [-0.25, -0.2) is 9.97 Å². The van der Waals surface area contributed by atoms with E-state index in [0.29, 0.717) is 11.4 Å². The Labute approximate surface area is 133 Å². The van der Waals surface area contributed by atoms with Crippen molar-refractivity contribution in [3.63, 3.8) is 0 Å². The highest BCUT2D eigenvalue weighted by Crippen LogP contribution is 2.22. The zero-order valence-corrected chi connectivity index (χ0v) is 13.4. The first-order valence-electron chi connectivity index (χ1n) is 5.43. The topological polar surface area (TPSA) is 80.9 Å². The van der Waals surface area contributed by atoms with Crippen molar-refractivity contribution in [1.29, 1.82) is 0 Å². The number of carbonyl (C=O) groups is 1. The maximum Gasteiger partial charge on any atom is 0.270 e. The van der Waals surface area contributed by atoms with E-state index in [1.54, 1.807) is 18.3 Å². The number of pyridine rings is 1. The molecule has 0 saturated carbocycles. The highest BCUT2D eigenvalue weighted by atomic mass is 35.5. The van der Waals surface area contributed by atoms with Gasteiger partial charge < -0.3 is 11.1 Å². The summed E-state index contributed by atoms with van der Waals surface area (Å²) in [6.45, 7) is 3.81. The Morgan fingerprint density at radius 2 is 2.00 bits per heavy atom. The molecule has 5 nitrogen and oxygen atoms in total. The molecule has 0 atom stereocenters. The number of nitrogen functional groups attached to an aromatic ring is 1. The Morgan fingerprint density at radius 1 is 1.30 bits per heavy atom. The van der Waals surface area contributed by atoms with Crippen molar-refractivity contribution in [2.45, 2.75) is 19.4 Å². The summed E-state index contributed by atoms with van der Waals surface area (Å²) in [6, 6.07) is 3.25. The molecule has 0 saturated heterocycles. The van der Waals surface area contributed by atoms with Crippen LogP contribution < -0.4 is 11.1 Å². The Morgan fingerprint density at radius 3 is 2.50 bits per heavy atom. The molecule has 20 heavy (non-hydrogen) atoms. The number of hydrogen-bond donors (Lipinski definition) is 2. The number of nitrogens with zero attached hydrogens (tertiary/aromatic N) is 2. The summed E-state index contributed by atoms with van der Waals surface area (Å²) < 4.78 is 0. The monoisotopic (exact) mass is 334 g/mol. The third kappa shape index (κ3) is 4.33. The molecule has 2 heterocycles. The summed E-state index contributed by atoms with van der Waals surface area (Å²) in [4.78, 5) is 20.2. The van der Waals surface area contributed by atoms with E-state index in [4.69, 9.17) is 5.73 Å². The molecule has 0 aliphatic rings. The first-order valence-corrected chi connectivity index (χ1v) is 6.31. The second kappa shape index (κ2) is 7.42. The van der Waals surface area contributed by atoms with Gasteiger partial charge in [0.2, 0.25) is 0 Å². The van der Waals surface area contributed by atoms with Gasteiger partial charge in [0.05, 0.1) is 17.4 Å². The highest BCUT2D eigenvalue weighted by molar-refractivity contribution is 7.09. The van der Waals surface area contributed by atoms with Crippen molar-refractivity contribution in [3.05, 3.63) is 40.6 Å². The molecule has 8 heteroatoms. The van der Waals surface area contributed by atoms with Gasteiger partial charge in [0.15, 0.2) is 0 Å². The molecule has 0 radical (unpaired) electrons. The standard InChI is InChI=1S/C12H14N4OS.2ClH/c1-12(2,11-14-5-6-18-11)16-10(17)9-4-3-8(13)7-15-9;;/h3-7H,13H2,1-2H3,(H,16,17);2*1H. The van der Waals surface area contributed by atoms with Gasteiger partial charge in [-0.15, -0.1) is 36.2 Å². The fourth-order valence-electron chi connectivity index (χ4n) is 1.47. The van der Waals surface area contributed by atoms with Gasteiger partial charge in [0, 0.05) is 11.6 Å². The first kappa shape index (κ1) is 18.6. The molecular formula is C12H16Cl2N4OS. The van der Waals surface area contributed by atoms with Crippen LogP contribution in [0, 0.1) is 0 Å². The van der Waals surface area contributed by atoms with Gasteiger partial charge in [0.25, 0.3) is 5.91 Å². The second-order valence-electron chi connectivity index (χ2n) is 4.39. The van der Waals surface area contributed by atoms with E-state index in [1.807, 2.05) is 19.2 Å². The quantitative estimate of drug-likeness (QED) is 0.903. The van der Waals surface area contributed by atoms with Crippen LogP contribution in [0.1, 0.15) is 29.3 Å². The number of aromatic nitrogens is 2. The van der Waals surface area contributed by atoms with Gasteiger partial charge in [-0.05, 0) is 26.0 Å². The van der Waals surface area contributed by atoms with E-state index in [1.165, 1.54) is 17.5 Å². The number of carbonyl (C=O) groups excluding carboxylic acids is 1. The molecule has 1 amide bonds. The average Bonchev–Trinajstić information content (AvgIpc) is 2.83. The number of anilines is 1. The van der Waals surface area contributed by atoms with Crippen LogP contribution in [0.2, 0.25) is 0 Å². The fraction of sp³-hybridized carbons (Fsp3) is 0.250. The molecule has 0 unspecified atom stereocenters. The number of halogens is 2. The largest absolute Gasteiger partial charge is 0.397 e. The minimum Gasteiger partial charge on any atom is -0.397 e. The zero-order chi connectivity index (χ0) is 13.2. The predicted molar refractivity (Wildman–Crippen MR) is 85.8 cm³/mol. The van der Waals surface area contributed by atoms with Crippen molar-refractivity contribution in [1.82, 2.24) is 15.3 Å². The summed E-state index contributed by atoms with van der Waals surface area (Å²) in [5, 5.41) is 5.63. The molecule has 0 spiro atoms. The lowest BCUT2D eigenvalue weighted by Crippen LogP contribution is -2.41. The van der Waals surface area contributed by atoms with Crippen LogP contribution >= 0.6 is 36.2 Å². The molecule has 110 valence electrons. The zero-order valence-electron chi connectivity index (χ0n) is 11.0. The molecular weight excluding hydrogens is 319 g/mol. The van der Waals surface area contributed by atoms with Gasteiger partial charge in [-0.3, -0.25) is 4.79 Å². The van der Waals surface area contributed by atoms with Crippen molar-refractivity contribution in [2.24, 2.45) is 0 Å². The number of nitrogens with one attached hydrogen (secondary N) is 1. The predicted octanol–water partition coefficient (Wildman–Crippen LogP) is 2.63. The Kier molecular flexibility index (Phi) is 6.91. The van der Waals surface area contributed by atoms with E-state index in [2.05, 4.69) is 15.3 Å². The van der Waals surface area contributed by atoms with Crippen molar-refractivity contribution in [2.75, 3.05) is 5.73 Å². The maximum absolute atomic E-state index is 12.0. The lowest BCUT2D eigenvalue weighted by Gasteiger charge is -2.23.